The molecule has 0 heterocycles. The van der Waals surface area contributed by atoms with E-state index in [2.05, 4.69) is 27.8 Å². The van der Waals surface area contributed by atoms with Gasteiger partial charge in [-0.1, -0.05) is 48.5 Å². The number of aliphatic imine (C=N–C) groups is 1. The van der Waals surface area contributed by atoms with Crippen LogP contribution in [0, 0.1) is 5.82 Å². The molecule has 2 aromatic carbocycles. The van der Waals surface area contributed by atoms with Crippen LogP contribution in [0.2, 0.25) is 0 Å². The van der Waals surface area contributed by atoms with Gasteiger partial charge in [0.1, 0.15) is 5.82 Å². The van der Waals surface area contributed by atoms with Gasteiger partial charge in [0.15, 0.2) is 5.96 Å². The molecular formula is C20H26FN3O. The van der Waals surface area contributed by atoms with E-state index in [0.29, 0.717) is 24.7 Å². The van der Waals surface area contributed by atoms with Crippen LogP contribution in [0.5, 0.6) is 0 Å². The zero-order valence-electron chi connectivity index (χ0n) is 14.7. The van der Waals surface area contributed by atoms with E-state index in [1.54, 1.807) is 19.2 Å². The summed E-state index contributed by atoms with van der Waals surface area (Å²) in [7, 11) is 1.71. The first-order valence-corrected chi connectivity index (χ1v) is 8.59. The third kappa shape index (κ3) is 7.35. The summed E-state index contributed by atoms with van der Waals surface area (Å²) in [5, 5.41) is 6.35. The highest BCUT2D eigenvalue weighted by Crippen LogP contribution is 2.05. The van der Waals surface area contributed by atoms with Gasteiger partial charge in [0.05, 0.1) is 6.61 Å². The fourth-order valence-electron chi connectivity index (χ4n) is 2.34. The Morgan fingerprint density at radius 2 is 1.76 bits per heavy atom. The van der Waals surface area contributed by atoms with Gasteiger partial charge < -0.3 is 15.4 Å². The lowest BCUT2D eigenvalue weighted by Crippen LogP contribution is -2.37. The second kappa shape index (κ2) is 11.2. The molecule has 25 heavy (non-hydrogen) atoms. The molecule has 0 spiro atoms. The van der Waals surface area contributed by atoms with Crippen molar-refractivity contribution in [2.75, 3.05) is 20.2 Å². The number of nitrogens with zero attached hydrogens (tertiary/aromatic N) is 1. The maximum Gasteiger partial charge on any atom is 0.191 e. The Balaban J connectivity index is 1.55. The SMILES string of the molecule is CN=C(NCCCCOCc1ccccc1)NCc1ccccc1F. The van der Waals surface area contributed by atoms with Gasteiger partial charge in [0.2, 0.25) is 0 Å². The summed E-state index contributed by atoms with van der Waals surface area (Å²) in [6.07, 6.45) is 1.96. The van der Waals surface area contributed by atoms with E-state index in [1.165, 1.54) is 11.6 Å². The Bertz CT molecular complexity index is 646. The second-order valence-electron chi connectivity index (χ2n) is 5.69. The van der Waals surface area contributed by atoms with Gasteiger partial charge in [0, 0.05) is 32.3 Å². The highest BCUT2D eigenvalue weighted by Gasteiger charge is 2.02. The normalized spacial score (nSPS) is 11.4. The Kier molecular flexibility index (Phi) is 8.49. The predicted octanol–water partition coefficient (Wildman–Crippen LogP) is 3.49. The molecule has 0 radical (unpaired) electrons. The van der Waals surface area contributed by atoms with E-state index in [1.807, 2.05) is 24.3 Å². The summed E-state index contributed by atoms with van der Waals surface area (Å²) >= 11 is 0. The van der Waals surface area contributed by atoms with Gasteiger partial charge in [-0.2, -0.15) is 0 Å². The Hall–Kier alpha value is -2.40. The minimum absolute atomic E-state index is 0.207. The Labute approximate surface area is 149 Å². The van der Waals surface area contributed by atoms with Crippen LogP contribution in [0.15, 0.2) is 59.6 Å². The van der Waals surface area contributed by atoms with Gasteiger partial charge in [-0.3, -0.25) is 4.99 Å². The van der Waals surface area contributed by atoms with Crippen LogP contribution < -0.4 is 10.6 Å². The maximum absolute atomic E-state index is 13.6. The summed E-state index contributed by atoms with van der Waals surface area (Å²) in [6.45, 7) is 2.59. The first-order valence-electron chi connectivity index (χ1n) is 8.59. The second-order valence-corrected chi connectivity index (χ2v) is 5.69. The van der Waals surface area contributed by atoms with Gasteiger partial charge in [-0.05, 0) is 24.5 Å². The molecule has 134 valence electrons. The third-order valence-corrected chi connectivity index (χ3v) is 3.75. The molecule has 0 unspecified atom stereocenters. The fraction of sp³-hybridized carbons (Fsp3) is 0.350. The van der Waals surface area contributed by atoms with Crippen LogP contribution in [0.4, 0.5) is 4.39 Å². The molecule has 2 N–H and O–H groups in total. The van der Waals surface area contributed by atoms with Gasteiger partial charge in [-0.15, -0.1) is 0 Å². The van der Waals surface area contributed by atoms with Gasteiger partial charge >= 0.3 is 0 Å². The number of unbranched alkanes of at least 4 members (excludes halogenated alkanes) is 1. The number of halogens is 1. The Morgan fingerprint density at radius 1 is 1.00 bits per heavy atom. The molecule has 0 aliphatic heterocycles. The van der Waals surface area contributed by atoms with Crippen LogP contribution in [-0.4, -0.2) is 26.2 Å². The maximum atomic E-state index is 13.6. The number of rotatable bonds is 9. The van der Waals surface area contributed by atoms with Gasteiger partial charge in [0.25, 0.3) is 0 Å². The zero-order chi connectivity index (χ0) is 17.7. The molecule has 0 saturated heterocycles. The lowest BCUT2D eigenvalue weighted by Gasteiger charge is -2.12. The highest BCUT2D eigenvalue weighted by atomic mass is 19.1. The van der Waals surface area contributed by atoms with Crippen LogP contribution in [0.3, 0.4) is 0 Å². The number of ether oxygens (including phenoxy) is 1. The molecule has 0 fully saturated rings. The number of nitrogens with one attached hydrogen (secondary N) is 2. The van der Waals surface area contributed by atoms with E-state index >= 15 is 0 Å². The lowest BCUT2D eigenvalue weighted by atomic mass is 10.2. The summed E-state index contributed by atoms with van der Waals surface area (Å²) in [6, 6.07) is 16.9. The summed E-state index contributed by atoms with van der Waals surface area (Å²) in [5.41, 5.74) is 1.82. The molecule has 0 amide bonds. The summed E-state index contributed by atoms with van der Waals surface area (Å²) in [5.74, 6) is 0.467. The highest BCUT2D eigenvalue weighted by molar-refractivity contribution is 5.79. The minimum Gasteiger partial charge on any atom is -0.377 e. The number of guanidine groups is 1. The molecular weight excluding hydrogens is 317 g/mol. The first-order chi connectivity index (χ1) is 12.3. The van der Waals surface area contributed by atoms with Gasteiger partial charge in [-0.25, -0.2) is 4.39 Å². The largest absolute Gasteiger partial charge is 0.377 e. The number of hydrogen-bond donors (Lipinski definition) is 2. The predicted molar refractivity (Wildman–Crippen MR) is 99.9 cm³/mol. The molecule has 0 aliphatic rings. The van der Waals surface area contributed by atoms with E-state index in [4.69, 9.17) is 4.74 Å². The first kappa shape index (κ1) is 18.9. The molecule has 2 aromatic rings. The molecule has 5 heteroatoms. The van der Waals surface area contributed by atoms with Crippen molar-refractivity contribution in [3.63, 3.8) is 0 Å². The summed E-state index contributed by atoms with van der Waals surface area (Å²) < 4.78 is 19.2. The average Bonchev–Trinajstić information content (AvgIpc) is 2.65. The quantitative estimate of drug-likeness (QED) is 0.416. The molecule has 0 atom stereocenters. The topological polar surface area (TPSA) is 45.7 Å². The molecule has 0 aromatic heterocycles. The monoisotopic (exact) mass is 343 g/mol. The van der Waals surface area contributed by atoms with Crippen LogP contribution in [0.25, 0.3) is 0 Å². The standard InChI is InChI=1S/C20H26FN3O/c1-22-20(24-15-18-11-5-6-12-19(18)21)23-13-7-8-14-25-16-17-9-3-2-4-10-17/h2-6,9-12H,7-8,13-16H2,1H3,(H2,22,23,24). The lowest BCUT2D eigenvalue weighted by molar-refractivity contribution is 0.117. The van der Waals surface area contributed by atoms with E-state index in [-0.39, 0.29) is 5.82 Å². The van der Waals surface area contributed by atoms with Crippen molar-refractivity contribution in [1.82, 2.24) is 10.6 Å². The zero-order valence-corrected chi connectivity index (χ0v) is 14.7. The van der Waals surface area contributed by atoms with Crippen LogP contribution >= 0.6 is 0 Å². The smallest absolute Gasteiger partial charge is 0.191 e. The average molecular weight is 343 g/mol. The summed E-state index contributed by atoms with van der Waals surface area (Å²) in [4.78, 5) is 4.15. The van der Waals surface area contributed by atoms with E-state index < -0.39 is 0 Å². The number of benzene rings is 2. The van der Waals surface area contributed by atoms with Crippen LogP contribution in [-0.2, 0) is 17.9 Å². The third-order valence-electron chi connectivity index (χ3n) is 3.75. The van der Waals surface area contributed by atoms with Crippen LogP contribution in [0.1, 0.15) is 24.0 Å². The minimum atomic E-state index is -0.207. The van der Waals surface area contributed by atoms with Crippen molar-refractivity contribution in [2.24, 2.45) is 4.99 Å². The molecule has 0 bridgehead atoms. The van der Waals surface area contributed by atoms with Crippen molar-refractivity contribution in [3.8, 4) is 0 Å². The molecule has 4 nitrogen and oxygen atoms in total. The van der Waals surface area contributed by atoms with Crippen molar-refractivity contribution in [1.29, 1.82) is 0 Å². The van der Waals surface area contributed by atoms with Crippen molar-refractivity contribution >= 4 is 5.96 Å². The fourth-order valence-corrected chi connectivity index (χ4v) is 2.34. The van der Waals surface area contributed by atoms with Crippen molar-refractivity contribution < 1.29 is 9.13 Å². The molecule has 2 rings (SSSR count). The molecule has 0 aliphatic carbocycles. The van der Waals surface area contributed by atoms with E-state index in [0.717, 1.165) is 26.0 Å². The molecule has 0 saturated carbocycles. The number of hydrogen-bond acceptors (Lipinski definition) is 2. The van der Waals surface area contributed by atoms with Crippen molar-refractivity contribution in [3.05, 3.63) is 71.5 Å². The van der Waals surface area contributed by atoms with E-state index in [9.17, 15) is 4.39 Å². The van der Waals surface area contributed by atoms with Crippen molar-refractivity contribution in [2.45, 2.75) is 26.0 Å². The Morgan fingerprint density at radius 3 is 2.52 bits per heavy atom.